The predicted molar refractivity (Wildman–Crippen MR) is 48.1 cm³/mol. The molecule has 3 heteroatoms. The maximum absolute atomic E-state index is 9.97. The first-order valence-electron chi connectivity index (χ1n) is 4.71. The second kappa shape index (κ2) is 4.21. The minimum Gasteiger partial charge on any atom is -0.387 e. The van der Waals surface area contributed by atoms with E-state index in [9.17, 15) is 5.11 Å². The van der Waals surface area contributed by atoms with Gasteiger partial charge in [-0.15, -0.1) is 0 Å². The molecule has 1 aliphatic rings. The van der Waals surface area contributed by atoms with E-state index in [1.165, 1.54) is 0 Å². The number of morpholine rings is 1. The van der Waals surface area contributed by atoms with Crippen LogP contribution in [0.4, 0.5) is 0 Å². The molecule has 0 spiro atoms. The van der Waals surface area contributed by atoms with E-state index < -0.39 is 5.60 Å². The number of nitrogens with one attached hydrogen (secondary N) is 1. The van der Waals surface area contributed by atoms with Gasteiger partial charge in [0.1, 0.15) is 0 Å². The first kappa shape index (κ1) is 9.96. The molecule has 3 nitrogen and oxygen atoms in total. The van der Waals surface area contributed by atoms with E-state index in [-0.39, 0.29) is 6.10 Å². The molecule has 0 saturated carbocycles. The number of hydrogen-bond acceptors (Lipinski definition) is 3. The van der Waals surface area contributed by atoms with Gasteiger partial charge in [0.2, 0.25) is 0 Å². The van der Waals surface area contributed by atoms with Gasteiger partial charge < -0.3 is 15.2 Å². The minimum absolute atomic E-state index is 0.0359. The van der Waals surface area contributed by atoms with Gasteiger partial charge in [-0.25, -0.2) is 0 Å². The van der Waals surface area contributed by atoms with Crippen molar-refractivity contribution in [1.82, 2.24) is 5.32 Å². The van der Waals surface area contributed by atoms with Crippen molar-refractivity contribution in [3.05, 3.63) is 0 Å². The van der Waals surface area contributed by atoms with E-state index in [0.717, 1.165) is 25.9 Å². The summed E-state index contributed by atoms with van der Waals surface area (Å²) in [4.78, 5) is 0. The molecular formula is C9H19NO2. The number of ether oxygens (including phenoxy) is 1. The van der Waals surface area contributed by atoms with Crippen molar-refractivity contribution in [2.75, 3.05) is 19.7 Å². The average Bonchev–Trinajstić information content (AvgIpc) is 2.06. The van der Waals surface area contributed by atoms with Crippen LogP contribution in [0.1, 0.15) is 26.7 Å². The SMILES string of the molecule is CCCC(C)(O)C1CNCCO1. The summed E-state index contributed by atoms with van der Waals surface area (Å²) in [6.45, 7) is 6.31. The molecular weight excluding hydrogens is 154 g/mol. The van der Waals surface area contributed by atoms with Crippen LogP contribution in [0.25, 0.3) is 0 Å². The van der Waals surface area contributed by atoms with Gasteiger partial charge in [-0.1, -0.05) is 13.3 Å². The third-order valence-electron chi connectivity index (χ3n) is 2.38. The summed E-state index contributed by atoms with van der Waals surface area (Å²) in [5.41, 5.74) is -0.665. The van der Waals surface area contributed by atoms with E-state index in [4.69, 9.17) is 4.74 Å². The van der Waals surface area contributed by atoms with Gasteiger partial charge in [0.05, 0.1) is 18.3 Å². The molecule has 0 amide bonds. The predicted octanol–water partition coefficient (Wildman–Crippen LogP) is 0.526. The number of aliphatic hydroxyl groups is 1. The standard InChI is InChI=1S/C9H19NO2/c1-3-4-9(2,11)8-7-10-5-6-12-8/h8,10-11H,3-7H2,1-2H3. The zero-order valence-corrected chi connectivity index (χ0v) is 7.97. The second-order valence-electron chi connectivity index (χ2n) is 3.67. The largest absolute Gasteiger partial charge is 0.387 e. The third kappa shape index (κ3) is 2.44. The maximum atomic E-state index is 9.97. The van der Waals surface area contributed by atoms with Crippen LogP contribution in [0.2, 0.25) is 0 Å². The van der Waals surface area contributed by atoms with Gasteiger partial charge in [-0.05, 0) is 13.3 Å². The molecule has 72 valence electrons. The van der Waals surface area contributed by atoms with E-state index in [0.29, 0.717) is 6.61 Å². The molecule has 2 atom stereocenters. The lowest BCUT2D eigenvalue weighted by atomic mass is 9.93. The van der Waals surface area contributed by atoms with Gasteiger partial charge in [0.15, 0.2) is 0 Å². The Morgan fingerprint density at radius 1 is 1.67 bits per heavy atom. The lowest BCUT2D eigenvalue weighted by Gasteiger charge is -2.35. The Balaban J connectivity index is 2.41. The van der Waals surface area contributed by atoms with Crippen LogP contribution in [0, 0.1) is 0 Å². The maximum Gasteiger partial charge on any atom is 0.0983 e. The van der Waals surface area contributed by atoms with E-state index in [2.05, 4.69) is 12.2 Å². The number of hydrogen-bond donors (Lipinski definition) is 2. The molecule has 1 aliphatic heterocycles. The van der Waals surface area contributed by atoms with Crippen LogP contribution in [-0.4, -0.2) is 36.5 Å². The van der Waals surface area contributed by atoms with Crippen molar-refractivity contribution in [2.24, 2.45) is 0 Å². The summed E-state index contributed by atoms with van der Waals surface area (Å²) >= 11 is 0. The Morgan fingerprint density at radius 3 is 2.92 bits per heavy atom. The summed E-state index contributed by atoms with van der Waals surface area (Å²) in [6.07, 6.45) is 1.76. The molecule has 1 saturated heterocycles. The molecule has 0 aromatic heterocycles. The van der Waals surface area contributed by atoms with Crippen LogP contribution in [0.5, 0.6) is 0 Å². The normalized spacial score (nSPS) is 29.8. The zero-order valence-electron chi connectivity index (χ0n) is 7.97. The zero-order chi connectivity index (χ0) is 9.03. The summed E-state index contributed by atoms with van der Waals surface area (Å²) in [5, 5.41) is 13.2. The van der Waals surface area contributed by atoms with Gasteiger partial charge >= 0.3 is 0 Å². The molecule has 2 N–H and O–H groups in total. The quantitative estimate of drug-likeness (QED) is 0.654. The van der Waals surface area contributed by atoms with Crippen molar-refractivity contribution in [3.63, 3.8) is 0 Å². The van der Waals surface area contributed by atoms with Crippen LogP contribution in [0.15, 0.2) is 0 Å². The van der Waals surface area contributed by atoms with Gasteiger partial charge in [0, 0.05) is 13.1 Å². The molecule has 1 rings (SSSR count). The van der Waals surface area contributed by atoms with Gasteiger partial charge in [-0.3, -0.25) is 0 Å². The Morgan fingerprint density at radius 2 is 2.42 bits per heavy atom. The van der Waals surface area contributed by atoms with Gasteiger partial charge in [0.25, 0.3) is 0 Å². The highest BCUT2D eigenvalue weighted by atomic mass is 16.5. The molecule has 1 heterocycles. The highest BCUT2D eigenvalue weighted by molar-refractivity contribution is 4.86. The molecule has 2 unspecified atom stereocenters. The lowest BCUT2D eigenvalue weighted by molar-refractivity contribution is -0.113. The summed E-state index contributed by atoms with van der Waals surface area (Å²) in [6, 6.07) is 0. The average molecular weight is 173 g/mol. The van der Waals surface area contributed by atoms with Crippen molar-refractivity contribution >= 4 is 0 Å². The monoisotopic (exact) mass is 173 g/mol. The first-order chi connectivity index (χ1) is 5.67. The lowest BCUT2D eigenvalue weighted by Crippen LogP contribution is -2.51. The Bertz CT molecular complexity index is 130. The van der Waals surface area contributed by atoms with E-state index in [1.54, 1.807) is 0 Å². The smallest absolute Gasteiger partial charge is 0.0983 e. The summed E-state index contributed by atoms with van der Waals surface area (Å²) in [7, 11) is 0. The Labute approximate surface area is 74.1 Å². The molecule has 0 radical (unpaired) electrons. The van der Waals surface area contributed by atoms with E-state index >= 15 is 0 Å². The van der Waals surface area contributed by atoms with Crippen LogP contribution >= 0.6 is 0 Å². The fraction of sp³-hybridized carbons (Fsp3) is 1.00. The molecule has 0 aromatic rings. The molecule has 0 aromatic carbocycles. The molecule has 1 fully saturated rings. The molecule has 0 aliphatic carbocycles. The van der Waals surface area contributed by atoms with Crippen molar-refractivity contribution < 1.29 is 9.84 Å². The van der Waals surface area contributed by atoms with Crippen LogP contribution < -0.4 is 5.32 Å². The van der Waals surface area contributed by atoms with Crippen LogP contribution in [0.3, 0.4) is 0 Å². The summed E-state index contributed by atoms with van der Waals surface area (Å²) < 4.78 is 5.48. The third-order valence-corrected chi connectivity index (χ3v) is 2.38. The van der Waals surface area contributed by atoms with E-state index in [1.807, 2.05) is 6.92 Å². The minimum atomic E-state index is -0.665. The van der Waals surface area contributed by atoms with Crippen molar-refractivity contribution in [3.8, 4) is 0 Å². The highest BCUT2D eigenvalue weighted by Gasteiger charge is 2.32. The fourth-order valence-corrected chi connectivity index (χ4v) is 1.63. The second-order valence-corrected chi connectivity index (χ2v) is 3.67. The fourth-order valence-electron chi connectivity index (χ4n) is 1.63. The van der Waals surface area contributed by atoms with Gasteiger partial charge in [-0.2, -0.15) is 0 Å². The van der Waals surface area contributed by atoms with Crippen LogP contribution in [-0.2, 0) is 4.74 Å². The first-order valence-corrected chi connectivity index (χ1v) is 4.71. The van der Waals surface area contributed by atoms with Crippen molar-refractivity contribution in [2.45, 2.75) is 38.4 Å². The molecule has 12 heavy (non-hydrogen) atoms. The molecule has 0 bridgehead atoms. The highest BCUT2D eigenvalue weighted by Crippen LogP contribution is 2.20. The van der Waals surface area contributed by atoms with Crippen molar-refractivity contribution in [1.29, 1.82) is 0 Å². The summed E-state index contributed by atoms with van der Waals surface area (Å²) in [5.74, 6) is 0. The number of rotatable bonds is 3. The Kier molecular flexibility index (Phi) is 3.50. The topological polar surface area (TPSA) is 41.5 Å². The Hall–Kier alpha value is -0.120.